The lowest BCUT2D eigenvalue weighted by Crippen LogP contribution is -2.12. The molecule has 0 aliphatic rings. The standard InChI is InChI=1S/C10H14ClNO2/c1-7(13)6-14-9-3-2-8(5-12)10(11)4-9/h2-4,7,13H,5-6,12H2,1H3. The topological polar surface area (TPSA) is 55.5 Å². The highest BCUT2D eigenvalue weighted by molar-refractivity contribution is 6.31. The SMILES string of the molecule is CC(O)COc1ccc(CN)c(Cl)c1. The van der Waals surface area contributed by atoms with Crippen LogP contribution in [0.15, 0.2) is 18.2 Å². The molecule has 1 rings (SSSR count). The Hall–Kier alpha value is -0.770. The molecule has 0 aromatic heterocycles. The van der Waals surface area contributed by atoms with Crippen molar-refractivity contribution >= 4 is 11.6 Å². The van der Waals surface area contributed by atoms with Crippen LogP contribution in [0.1, 0.15) is 12.5 Å². The largest absolute Gasteiger partial charge is 0.491 e. The zero-order valence-corrected chi connectivity index (χ0v) is 8.79. The van der Waals surface area contributed by atoms with E-state index in [-0.39, 0.29) is 6.61 Å². The lowest BCUT2D eigenvalue weighted by molar-refractivity contribution is 0.122. The Morgan fingerprint density at radius 2 is 2.29 bits per heavy atom. The van der Waals surface area contributed by atoms with Gasteiger partial charge in [0.1, 0.15) is 12.4 Å². The van der Waals surface area contributed by atoms with E-state index in [9.17, 15) is 0 Å². The van der Waals surface area contributed by atoms with Crippen LogP contribution in [0.5, 0.6) is 5.75 Å². The van der Waals surface area contributed by atoms with Gasteiger partial charge in [-0.1, -0.05) is 17.7 Å². The second-order valence-corrected chi connectivity index (χ2v) is 3.52. The molecule has 0 radical (unpaired) electrons. The van der Waals surface area contributed by atoms with Crippen LogP contribution in [0.3, 0.4) is 0 Å². The van der Waals surface area contributed by atoms with Gasteiger partial charge in [0, 0.05) is 11.6 Å². The van der Waals surface area contributed by atoms with Gasteiger partial charge in [0.15, 0.2) is 0 Å². The van der Waals surface area contributed by atoms with Gasteiger partial charge in [0.25, 0.3) is 0 Å². The van der Waals surface area contributed by atoms with Crippen molar-refractivity contribution in [3.05, 3.63) is 28.8 Å². The summed E-state index contributed by atoms with van der Waals surface area (Å²) in [6, 6.07) is 5.31. The maximum absolute atomic E-state index is 9.01. The third-order valence-corrected chi connectivity index (χ3v) is 2.09. The molecule has 78 valence electrons. The van der Waals surface area contributed by atoms with Crippen LogP contribution in [-0.2, 0) is 6.54 Å². The fraction of sp³-hybridized carbons (Fsp3) is 0.400. The van der Waals surface area contributed by atoms with Crippen molar-refractivity contribution < 1.29 is 9.84 Å². The second-order valence-electron chi connectivity index (χ2n) is 3.12. The zero-order valence-electron chi connectivity index (χ0n) is 8.03. The summed E-state index contributed by atoms with van der Waals surface area (Å²) in [4.78, 5) is 0. The van der Waals surface area contributed by atoms with Crippen LogP contribution in [-0.4, -0.2) is 17.8 Å². The average molecular weight is 216 g/mol. The molecule has 1 aromatic rings. The van der Waals surface area contributed by atoms with Gasteiger partial charge in [-0.3, -0.25) is 0 Å². The fourth-order valence-electron chi connectivity index (χ4n) is 1.00. The van der Waals surface area contributed by atoms with Gasteiger partial charge in [0.05, 0.1) is 6.10 Å². The Balaban J connectivity index is 2.66. The van der Waals surface area contributed by atoms with Crippen LogP contribution >= 0.6 is 11.6 Å². The van der Waals surface area contributed by atoms with Gasteiger partial charge in [-0.25, -0.2) is 0 Å². The fourth-order valence-corrected chi connectivity index (χ4v) is 1.25. The first-order chi connectivity index (χ1) is 6.63. The molecule has 0 saturated heterocycles. The van der Waals surface area contributed by atoms with Crippen molar-refractivity contribution in [3.63, 3.8) is 0 Å². The minimum Gasteiger partial charge on any atom is -0.491 e. The van der Waals surface area contributed by atoms with Gasteiger partial charge >= 0.3 is 0 Å². The summed E-state index contributed by atoms with van der Waals surface area (Å²) < 4.78 is 5.27. The van der Waals surface area contributed by atoms with Crippen LogP contribution in [0.25, 0.3) is 0 Å². The molecular weight excluding hydrogens is 202 g/mol. The maximum atomic E-state index is 9.01. The molecule has 0 aliphatic carbocycles. The highest BCUT2D eigenvalue weighted by Gasteiger charge is 2.02. The molecule has 1 aromatic carbocycles. The van der Waals surface area contributed by atoms with Gasteiger partial charge in [-0.05, 0) is 24.6 Å². The average Bonchev–Trinajstić information content (AvgIpc) is 2.15. The molecule has 3 N–H and O–H groups in total. The first-order valence-electron chi connectivity index (χ1n) is 4.43. The third kappa shape index (κ3) is 3.18. The summed E-state index contributed by atoms with van der Waals surface area (Å²) in [5.74, 6) is 0.646. The van der Waals surface area contributed by atoms with E-state index in [1.54, 1.807) is 19.1 Å². The molecule has 0 amide bonds. The van der Waals surface area contributed by atoms with Crippen molar-refractivity contribution in [2.45, 2.75) is 19.6 Å². The predicted octanol–water partition coefficient (Wildman–Crippen LogP) is 1.56. The first-order valence-corrected chi connectivity index (χ1v) is 4.80. The minimum absolute atomic E-state index is 0.262. The van der Waals surface area contributed by atoms with E-state index in [2.05, 4.69) is 0 Å². The van der Waals surface area contributed by atoms with E-state index in [0.29, 0.717) is 17.3 Å². The van der Waals surface area contributed by atoms with Crippen molar-refractivity contribution in [2.75, 3.05) is 6.61 Å². The lowest BCUT2D eigenvalue weighted by atomic mass is 10.2. The zero-order chi connectivity index (χ0) is 10.6. The number of aliphatic hydroxyl groups excluding tert-OH is 1. The molecule has 0 saturated carbocycles. The van der Waals surface area contributed by atoms with E-state index >= 15 is 0 Å². The molecule has 1 unspecified atom stereocenters. The van der Waals surface area contributed by atoms with Gasteiger partial charge in [-0.15, -0.1) is 0 Å². The number of aliphatic hydroxyl groups is 1. The molecule has 0 bridgehead atoms. The molecule has 14 heavy (non-hydrogen) atoms. The van der Waals surface area contributed by atoms with Gasteiger partial charge in [-0.2, -0.15) is 0 Å². The monoisotopic (exact) mass is 215 g/mol. The maximum Gasteiger partial charge on any atom is 0.120 e. The molecular formula is C10H14ClNO2. The smallest absolute Gasteiger partial charge is 0.120 e. The van der Waals surface area contributed by atoms with Crippen LogP contribution < -0.4 is 10.5 Å². The Bertz CT molecular complexity index is 302. The third-order valence-electron chi connectivity index (χ3n) is 1.74. The van der Waals surface area contributed by atoms with E-state index in [0.717, 1.165) is 5.56 Å². The Morgan fingerprint density at radius 3 is 2.79 bits per heavy atom. The van der Waals surface area contributed by atoms with Gasteiger partial charge in [0.2, 0.25) is 0 Å². The number of rotatable bonds is 4. The number of hydrogen-bond donors (Lipinski definition) is 2. The van der Waals surface area contributed by atoms with Crippen LogP contribution in [0, 0.1) is 0 Å². The molecule has 0 spiro atoms. The second kappa shape index (κ2) is 5.20. The molecule has 1 atom stereocenters. The summed E-state index contributed by atoms with van der Waals surface area (Å²) in [6.45, 7) is 2.34. The molecule has 4 heteroatoms. The van der Waals surface area contributed by atoms with Crippen molar-refractivity contribution in [1.29, 1.82) is 0 Å². The number of nitrogens with two attached hydrogens (primary N) is 1. The number of halogens is 1. The van der Waals surface area contributed by atoms with E-state index in [1.807, 2.05) is 6.07 Å². The number of benzene rings is 1. The molecule has 3 nitrogen and oxygen atoms in total. The van der Waals surface area contributed by atoms with Crippen molar-refractivity contribution in [3.8, 4) is 5.75 Å². The number of hydrogen-bond acceptors (Lipinski definition) is 3. The summed E-state index contributed by atoms with van der Waals surface area (Å²) in [7, 11) is 0. The Labute approximate surface area is 88.4 Å². The minimum atomic E-state index is -0.483. The van der Waals surface area contributed by atoms with Gasteiger partial charge < -0.3 is 15.6 Å². The van der Waals surface area contributed by atoms with Crippen LogP contribution in [0.2, 0.25) is 5.02 Å². The van der Waals surface area contributed by atoms with E-state index in [4.69, 9.17) is 27.2 Å². The van der Waals surface area contributed by atoms with E-state index < -0.39 is 6.10 Å². The highest BCUT2D eigenvalue weighted by atomic mass is 35.5. The summed E-state index contributed by atoms with van der Waals surface area (Å²) in [5.41, 5.74) is 6.34. The van der Waals surface area contributed by atoms with Crippen molar-refractivity contribution in [2.24, 2.45) is 5.73 Å². The molecule has 0 fully saturated rings. The summed E-state index contributed by atoms with van der Waals surface area (Å²) >= 11 is 5.92. The quantitative estimate of drug-likeness (QED) is 0.802. The predicted molar refractivity (Wildman–Crippen MR) is 56.5 cm³/mol. The Kier molecular flexibility index (Phi) is 4.20. The van der Waals surface area contributed by atoms with Crippen molar-refractivity contribution in [1.82, 2.24) is 0 Å². The lowest BCUT2D eigenvalue weighted by Gasteiger charge is -2.09. The highest BCUT2D eigenvalue weighted by Crippen LogP contribution is 2.22. The molecule has 0 aliphatic heterocycles. The normalized spacial score (nSPS) is 12.6. The number of ether oxygens (including phenoxy) is 1. The first kappa shape index (κ1) is 11.3. The van der Waals surface area contributed by atoms with E-state index in [1.165, 1.54) is 0 Å². The summed E-state index contributed by atoms with van der Waals surface area (Å²) in [6.07, 6.45) is -0.483. The Morgan fingerprint density at radius 1 is 1.57 bits per heavy atom. The summed E-state index contributed by atoms with van der Waals surface area (Å²) in [5, 5.41) is 9.60. The molecule has 0 heterocycles. The van der Waals surface area contributed by atoms with Crippen LogP contribution in [0.4, 0.5) is 0 Å².